The van der Waals surface area contributed by atoms with E-state index in [4.69, 9.17) is 0 Å². The third-order valence-corrected chi connectivity index (χ3v) is 5.92. The molecule has 34 heavy (non-hydrogen) atoms. The lowest BCUT2D eigenvalue weighted by Gasteiger charge is -2.26. The Bertz CT molecular complexity index is 785. The highest BCUT2D eigenvalue weighted by molar-refractivity contribution is 6.05. The van der Waals surface area contributed by atoms with E-state index in [9.17, 15) is 10.2 Å². The fourth-order valence-electron chi connectivity index (χ4n) is 4.21. The Morgan fingerprint density at radius 2 is 0.647 bits per heavy atom. The van der Waals surface area contributed by atoms with Crippen LogP contribution in [0.1, 0.15) is 116 Å². The van der Waals surface area contributed by atoms with Crippen molar-refractivity contribution < 1.29 is 10.2 Å². The van der Waals surface area contributed by atoms with Gasteiger partial charge >= 0.3 is 0 Å². The largest absolute Gasteiger partial charge is 0.508 e. The Hall–Kier alpha value is -1.43. The summed E-state index contributed by atoms with van der Waals surface area (Å²) in [5.74, 6) is 2.76. The van der Waals surface area contributed by atoms with E-state index in [-0.39, 0.29) is 21.7 Å². The van der Waals surface area contributed by atoms with Crippen molar-refractivity contribution in [1.29, 1.82) is 0 Å². The molecule has 2 radical (unpaired) electrons. The molecular weight excluding hydrogens is 431 g/mol. The summed E-state index contributed by atoms with van der Waals surface area (Å²) in [5, 5.41) is 20.2. The smallest absolute Gasteiger partial charge is 0.119 e. The highest BCUT2D eigenvalue weighted by Crippen LogP contribution is 2.37. The number of rotatable bonds is 0. The molecule has 0 saturated heterocycles. The molecule has 2 N–H and O–H groups in total. The van der Waals surface area contributed by atoms with Gasteiger partial charge in [-0.3, -0.25) is 0 Å². The lowest BCUT2D eigenvalue weighted by molar-refractivity contribution is 0.442. The molecule has 0 atom stereocenters. The van der Waals surface area contributed by atoms with Crippen LogP contribution in [0.3, 0.4) is 0 Å². The SMILES string of the molecule is Cc1cc(C(C)(C)C)c(O)cc1C(C)(C)C.Cc1cc(C(C)(C)C)c(O)cc1C(C)(C)C.[CH3][Al]. The molecule has 190 valence electrons. The molecule has 0 saturated carbocycles. The van der Waals surface area contributed by atoms with E-state index in [1.165, 1.54) is 22.3 Å². The maximum atomic E-state index is 10.1. The van der Waals surface area contributed by atoms with Gasteiger partial charge in [0.2, 0.25) is 0 Å². The van der Waals surface area contributed by atoms with Crippen molar-refractivity contribution in [2.45, 2.75) is 124 Å². The van der Waals surface area contributed by atoms with Crippen LogP contribution in [-0.4, -0.2) is 26.5 Å². The molecule has 0 bridgehead atoms. The predicted molar refractivity (Wildman–Crippen MR) is 152 cm³/mol. The van der Waals surface area contributed by atoms with Crippen LogP contribution in [0.5, 0.6) is 11.5 Å². The third-order valence-electron chi connectivity index (χ3n) is 5.92. The minimum atomic E-state index is -0.00867. The second-order valence-electron chi connectivity index (χ2n) is 13.4. The zero-order valence-electron chi connectivity index (χ0n) is 24.8. The van der Waals surface area contributed by atoms with E-state index in [0.29, 0.717) is 11.5 Å². The molecule has 0 aliphatic carbocycles. The summed E-state index contributed by atoms with van der Waals surface area (Å²) in [7, 11) is 0. The Labute approximate surface area is 219 Å². The molecule has 0 spiro atoms. The molecule has 0 aliphatic rings. The van der Waals surface area contributed by atoms with E-state index in [0.717, 1.165) is 11.1 Å². The Balaban J connectivity index is 0.000000597. The summed E-state index contributed by atoms with van der Waals surface area (Å²) >= 11 is 2.42. The standard InChI is InChI=1S/2C15H24O.CH3.Al/c2*1-10-8-12(15(5,6)7)13(16)9-11(10)14(2,3)4;;/h2*8-9,16H,1-7H3;1H3;. The minimum absolute atomic E-state index is 0.00867. The molecule has 0 amide bonds. The average Bonchev–Trinajstić information content (AvgIpc) is 2.63. The first kappa shape index (κ1) is 32.6. The number of hydrogen-bond donors (Lipinski definition) is 2. The first-order chi connectivity index (χ1) is 15.1. The Morgan fingerprint density at radius 3 is 0.824 bits per heavy atom. The van der Waals surface area contributed by atoms with Crippen molar-refractivity contribution >= 4 is 16.3 Å². The monoisotopic (exact) mass is 482 g/mol. The second-order valence-corrected chi connectivity index (χ2v) is 13.4. The van der Waals surface area contributed by atoms with Crippen LogP contribution in [0.25, 0.3) is 0 Å². The molecule has 0 unspecified atom stereocenters. The molecule has 0 aliphatic heterocycles. The lowest BCUT2D eigenvalue weighted by atomic mass is 9.79. The number of hydrogen-bond acceptors (Lipinski definition) is 2. The van der Waals surface area contributed by atoms with Gasteiger partial charge in [0.05, 0.1) is 0 Å². The summed E-state index contributed by atoms with van der Waals surface area (Å²) in [6, 6.07) is 8.09. The van der Waals surface area contributed by atoms with Crippen LogP contribution in [0.15, 0.2) is 24.3 Å². The van der Waals surface area contributed by atoms with Crippen LogP contribution in [0.4, 0.5) is 0 Å². The van der Waals surface area contributed by atoms with Crippen molar-refractivity contribution in [3.05, 3.63) is 57.6 Å². The number of benzene rings is 2. The first-order valence-electron chi connectivity index (χ1n) is 12.3. The molecular formula is C31H51AlO2. The summed E-state index contributed by atoms with van der Waals surface area (Å²) in [5.41, 5.74) is 7.16. The van der Waals surface area contributed by atoms with Crippen LogP contribution in [0.2, 0.25) is 5.79 Å². The van der Waals surface area contributed by atoms with Gasteiger partial charge in [-0.15, -0.1) is 5.79 Å². The maximum Gasteiger partial charge on any atom is 0.119 e. The topological polar surface area (TPSA) is 40.5 Å². The van der Waals surface area contributed by atoms with Crippen molar-refractivity contribution in [1.82, 2.24) is 0 Å². The van der Waals surface area contributed by atoms with E-state index in [2.05, 4.69) is 125 Å². The molecule has 0 heterocycles. The highest BCUT2D eigenvalue weighted by atomic mass is 27.0. The lowest BCUT2D eigenvalue weighted by Crippen LogP contribution is -2.16. The van der Waals surface area contributed by atoms with Crippen LogP contribution in [0, 0.1) is 13.8 Å². The predicted octanol–water partition coefficient (Wildman–Crippen LogP) is 8.79. The van der Waals surface area contributed by atoms with E-state index >= 15 is 0 Å². The maximum absolute atomic E-state index is 10.1. The molecule has 2 nitrogen and oxygen atoms in total. The number of phenols is 2. The molecule has 2 aromatic rings. The quantitative estimate of drug-likeness (QED) is 0.368. The molecule has 2 aromatic carbocycles. The van der Waals surface area contributed by atoms with Gasteiger partial charge in [-0.25, -0.2) is 0 Å². The molecule has 0 aromatic heterocycles. The highest BCUT2D eigenvalue weighted by Gasteiger charge is 2.24. The van der Waals surface area contributed by atoms with Gasteiger partial charge < -0.3 is 10.2 Å². The Kier molecular flexibility index (Phi) is 11.1. The molecule has 0 fully saturated rings. The first-order valence-corrected chi connectivity index (χ1v) is 13.5. The number of phenolic OH excluding ortho intramolecular Hbond substituents is 2. The zero-order chi connectivity index (χ0) is 27.4. The second kappa shape index (κ2) is 11.5. The fourth-order valence-corrected chi connectivity index (χ4v) is 4.21. The molecule has 2 rings (SSSR count). The molecule has 3 heteroatoms. The van der Waals surface area contributed by atoms with Crippen LogP contribution in [-0.2, 0) is 21.7 Å². The van der Waals surface area contributed by atoms with Crippen molar-refractivity contribution in [2.24, 2.45) is 0 Å². The normalized spacial score (nSPS) is 12.3. The van der Waals surface area contributed by atoms with Gasteiger partial charge in [0, 0.05) is 0 Å². The van der Waals surface area contributed by atoms with E-state index in [1.807, 2.05) is 17.9 Å². The average molecular weight is 483 g/mol. The van der Waals surface area contributed by atoms with Gasteiger partial charge in [-0.1, -0.05) is 95.2 Å². The van der Waals surface area contributed by atoms with E-state index < -0.39 is 0 Å². The van der Waals surface area contributed by atoms with Crippen LogP contribution < -0.4 is 0 Å². The van der Waals surface area contributed by atoms with Gasteiger partial charge in [-0.05, 0) is 81.0 Å². The van der Waals surface area contributed by atoms with Gasteiger partial charge in [0.25, 0.3) is 0 Å². The number of aromatic hydroxyl groups is 2. The van der Waals surface area contributed by atoms with Crippen molar-refractivity contribution in [2.75, 3.05) is 0 Å². The summed E-state index contributed by atoms with van der Waals surface area (Å²) < 4.78 is 0. The zero-order valence-corrected chi connectivity index (χ0v) is 25.9. The summed E-state index contributed by atoms with van der Waals surface area (Å²) in [4.78, 5) is 0. The minimum Gasteiger partial charge on any atom is -0.508 e. The fraction of sp³-hybridized carbons (Fsp3) is 0.613. The van der Waals surface area contributed by atoms with Crippen molar-refractivity contribution in [3.63, 3.8) is 0 Å². The van der Waals surface area contributed by atoms with Crippen molar-refractivity contribution in [3.8, 4) is 11.5 Å². The van der Waals surface area contributed by atoms with Gasteiger partial charge in [-0.2, -0.15) is 0 Å². The third kappa shape index (κ3) is 8.98. The summed E-state index contributed by atoms with van der Waals surface area (Å²) in [6.07, 6.45) is 0. The van der Waals surface area contributed by atoms with Gasteiger partial charge in [0.15, 0.2) is 0 Å². The number of aryl methyl sites for hydroxylation is 2. The van der Waals surface area contributed by atoms with Gasteiger partial charge in [0.1, 0.15) is 27.8 Å². The summed E-state index contributed by atoms with van der Waals surface area (Å²) in [6.45, 7) is 30.0. The van der Waals surface area contributed by atoms with E-state index in [1.54, 1.807) is 0 Å². The Morgan fingerprint density at radius 1 is 0.441 bits per heavy atom. The van der Waals surface area contributed by atoms with Crippen LogP contribution >= 0.6 is 0 Å².